The number of likely N-dealkylation sites (N-methyl/N-ethyl adjacent to an activating group) is 1. The van der Waals surface area contributed by atoms with Gasteiger partial charge in [0.2, 0.25) is 5.91 Å². The van der Waals surface area contributed by atoms with Crippen LogP contribution in [0, 0.1) is 5.41 Å². The minimum Gasteiger partial charge on any atom is -0.344 e. The summed E-state index contributed by atoms with van der Waals surface area (Å²) in [6.45, 7) is 6.77. The molecular formula is C17H28N2O. The first-order chi connectivity index (χ1) is 9.32. The molecule has 2 N–H and O–H groups in total. The van der Waals surface area contributed by atoms with Gasteiger partial charge in [0.15, 0.2) is 0 Å². The highest BCUT2D eigenvalue weighted by molar-refractivity contribution is 5.82. The number of amides is 1. The molecule has 1 unspecified atom stereocenters. The van der Waals surface area contributed by atoms with Crippen LogP contribution in [0.4, 0.5) is 0 Å². The van der Waals surface area contributed by atoms with Gasteiger partial charge < -0.3 is 10.6 Å². The Morgan fingerprint density at radius 1 is 1.20 bits per heavy atom. The van der Waals surface area contributed by atoms with Crippen molar-refractivity contribution in [2.45, 2.75) is 46.1 Å². The van der Waals surface area contributed by atoms with E-state index in [2.05, 4.69) is 24.3 Å². The molecule has 1 atom stereocenters. The molecular weight excluding hydrogens is 248 g/mol. The molecule has 0 fully saturated rings. The fourth-order valence-corrected chi connectivity index (χ4v) is 2.04. The summed E-state index contributed by atoms with van der Waals surface area (Å²) in [6, 6.07) is 10.0. The number of rotatable bonds is 6. The molecule has 1 aromatic carbocycles. The summed E-state index contributed by atoms with van der Waals surface area (Å²) in [7, 11) is 1.84. The van der Waals surface area contributed by atoms with Crippen LogP contribution in [0.3, 0.4) is 0 Å². The van der Waals surface area contributed by atoms with Crippen LogP contribution < -0.4 is 5.73 Å². The third kappa shape index (κ3) is 5.33. The quantitative estimate of drug-likeness (QED) is 0.812. The molecule has 3 nitrogen and oxygen atoms in total. The number of nitrogens with zero attached hydrogens (tertiary/aromatic N) is 1. The lowest BCUT2D eigenvalue weighted by molar-refractivity contribution is -0.133. The van der Waals surface area contributed by atoms with Gasteiger partial charge in [0, 0.05) is 13.6 Å². The minimum atomic E-state index is -0.429. The van der Waals surface area contributed by atoms with Crippen LogP contribution in [0.1, 0.15) is 39.2 Å². The number of benzene rings is 1. The number of aryl methyl sites for hydroxylation is 1. The third-order valence-electron chi connectivity index (χ3n) is 3.63. The maximum Gasteiger partial charge on any atom is 0.239 e. The molecule has 0 saturated carbocycles. The predicted molar refractivity (Wildman–Crippen MR) is 84.4 cm³/mol. The van der Waals surface area contributed by atoms with E-state index in [1.54, 1.807) is 4.90 Å². The van der Waals surface area contributed by atoms with Gasteiger partial charge in [0.25, 0.3) is 0 Å². The molecule has 1 rings (SSSR count). The molecule has 0 radical (unpaired) electrons. The van der Waals surface area contributed by atoms with Crippen molar-refractivity contribution in [3.63, 3.8) is 0 Å². The number of carbonyl (C=O) groups is 1. The van der Waals surface area contributed by atoms with Crippen molar-refractivity contribution in [2.75, 3.05) is 13.6 Å². The minimum absolute atomic E-state index is 0.0391. The first-order valence-corrected chi connectivity index (χ1v) is 7.37. The van der Waals surface area contributed by atoms with E-state index in [9.17, 15) is 4.79 Å². The average Bonchev–Trinajstić information content (AvgIpc) is 2.41. The van der Waals surface area contributed by atoms with Crippen molar-refractivity contribution in [1.29, 1.82) is 0 Å². The standard InChI is InChI=1S/C17H28N2O/c1-17(2,3)15(18)16(20)19(4)13-9-8-12-14-10-6-5-7-11-14/h5-7,10-11,15H,8-9,12-13,18H2,1-4H3. The zero-order valence-corrected chi connectivity index (χ0v) is 13.2. The Kier molecular flexibility index (Phi) is 6.21. The van der Waals surface area contributed by atoms with Gasteiger partial charge in [-0.15, -0.1) is 0 Å². The predicted octanol–water partition coefficient (Wildman–Crippen LogP) is 2.84. The van der Waals surface area contributed by atoms with Crippen molar-refractivity contribution in [2.24, 2.45) is 11.1 Å². The van der Waals surface area contributed by atoms with E-state index in [0.717, 1.165) is 25.8 Å². The van der Waals surface area contributed by atoms with Gasteiger partial charge in [-0.25, -0.2) is 0 Å². The topological polar surface area (TPSA) is 46.3 Å². The van der Waals surface area contributed by atoms with Crippen LogP contribution in [-0.4, -0.2) is 30.4 Å². The summed E-state index contributed by atoms with van der Waals surface area (Å²) in [6.07, 6.45) is 3.16. The van der Waals surface area contributed by atoms with E-state index in [4.69, 9.17) is 5.73 Å². The van der Waals surface area contributed by atoms with Crippen molar-refractivity contribution < 1.29 is 4.79 Å². The molecule has 1 amide bonds. The molecule has 0 aromatic heterocycles. The average molecular weight is 276 g/mol. The van der Waals surface area contributed by atoms with Gasteiger partial charge in [-0.1, -0.05) is 51.1 Å². The summed E-state index contributed by atoms with van der Waals surface area (Å²) in [5, 5.41) is 0. The summed E-state index contributed by atoms with van der Waals surface area (Å²) >= 11 is 0. The molecule has 0 aliphatic rings. The van der Waals surface area contributed by atoms with E-state index in [-0.39, 0.29) is 11.3 Å². The second kappa shape index (κ2) is 7.44. The van der Waals surface area contributed by atoms with Crippen LogP contribution in [0.25, 0.3) is 0 Å². The fourth-order valence-electron chi connectivity index (χ4n) is 2.04. The van der Waals surface area contributed by atoms with Gasteiger partial charge in [-0.2, -0.15) is 0 Å². The molecule has 3 heteroatoms. The largest absolute Gasteiger partial charge is 0.344 e. The Bertz CT molecular complexity index is 409. The number of unbranched alkanes of at least 4 members (excludes halogenated alkanes) is 1. The number of carbonyl (C=O) groups excluding carboxylic acids is 1. The molecule has 0 spiro atoms. The maximum atomic E-state index is 12.2. The SMILES string of the molecule is CN(CCCCc1ccccc1)C(=O)C(N)C(C)(C)C. The second-order valence-electron chi connectivity index (χ2n) is 6.55. The van der Waals surface area contributed by atoms with E-state index in [0.29, 0.717) is 0 Å². The Morgan fingerprint density at radius 2 is 1.80 bits per heavy atom. The monoisotopic (exact) mass is 276 g/mol. The summed E-state index contributed by atoms with van der Waals surface area (Å²) in [4.78, 5) is 13.9. The van der Waals surface area contributed by atoms with Gasteiger partial charge in [-0.3, -0.25) is 4.79 Å². The lowest BCUT2D eigenvalue weighted by Crippen LogP contribution is -2.49. The summed E-state index contributed by atoms with van der Waals surface area (Å²) in [5.41, 5.74) is 7.17. The highest BCUT2D eigenvalue weighted by atomic mass is 16.2. The smallest absolute Gasteiger partial charge is 0.239 e. The van der Waals surface area contributed by atoms with Crippen molar-refractivity contribution in [1.82, 2.24) is 4.90 Å². The Hall–Kier alpha value is -1.35. The van der Waals surface area contributed by atoms with Gasteiger partial charge in [-0.05, 0) is 30.2 Å². The molecule has 112 valence electrons. The highest BCUT2D eigenvalue weighted by Crippen LogP contribution is 2.18. The van der Waals surface area contributed by atoms with Crippen LogP contribution >= 0.6 is 0 Å². The van der Waals surface area contributed by atoms with Crippen LogP contribution in [0.15, 0.2) is 30.3 Å². The summed E-state index contributed by atoms with van der Waals surface area (Å²) in [5.74, 6) is 0.0391. The third-order valence-corrected chi connectivity index (χ3v) is 3.63. The van der Waals surface area contributed by atoms with E-state index >= 15 is 0 Å². The normalized spacial score (nSPS) is 13.1. The molecule has 0 heterocycles. The molecule has 0 saturated heterocycles. The molecule has 1 aromatic rings. The maximum absolute atomic E-state index is 12.2. The highest BCUT2D eigenvalue weighted by Gasteiger charge is 2.29. The van der Waals surface area contributed by atoms with Crippen molar-refractivity contribution in [3.05, 3.63) is 35.9 Å². The fraction of sp³-hybridized carbons (Fsp3) is 0.588. The Morgan fingerprint density at radius 3 is 2.35 bits per heavy atom. The van der Waals surface area contributed by atoms with Gasteiger partial charge >= 0.3 is 0 Å². The first kappa shape index (κ1) is 16.7. The lowest BCUT2D eigenvalue weighted by atomic mass is 9.86. The molecule has 20 heavy (non-hydrogen) atoms. The zero-order valence-electron chi connectivity index (χ0n) is 13.2. The summed E-state index contributed by atoms with van der Waals surface area (Å²) < 4.78 is 0. The van der Waals surface area contributed by atoms with E-state index in [1.807, 2.05) is 33.9 Å². The van der Waals surface area contributed by atoms with Crippen LogP contribution in [0.5, 0.6) is 0 Å². The van der Waals surface area contributed by atoms with Gasteiger partial charge in [0.05, 0.1) is 6.04 Å². The van der Waals surface area contributed by atoms with Crippen LogP contribution in [0.2, 0.25) is 0 Å². The zero-order chi connectivity index (χ0) is 15.2. The van der Waals surface area contributed by atoms with E-state index in [1.165, 1.54) is 5.56 Å². The first-order valence-electron chi connectivity index (χ1n) is 7.37. The van der Waals surface area contributed by atoms with Crippen molar-refractivity contribution in [3.8, 4) is 0 Å². The molecule has 0 bridgehead atoms. The molecule has 0 aliphatic heterocycles. The van der Waals surface area contributed by atoms with Crippen LogP contribution in [-0.2, 0) is 11.2 Å². The second-order valence-corrected chi connectivity index (χ2v) is 6.55. The molecule has 0 aliphatic carbocycles. The lowest BCUT2D eigenvalue weighted by Gasteiger charge is -2.30. The number of hydrogen-bond acceptors (Lipinski definition) is 2. The Labute approximate surface area is 123 Å². The Balaban J connectivity index is 2.30. The van der Waals surface area contributed by atoms with Crippen molar-refractivity contribution >= 4 is 5.91 Å². The van der Waals surface area contributed by atoms with E-state index < -0.39 is 6.04 Å². The number of hydrogen-bond donors (Lipinski definition) is 1. The number of nitrogens with two attached hydrogens (primary N) is 1. The van der Waals surface area contributed by atoms with Gasteiger partial charge in [0.1, 0.15) is 0 Å².